The molecule has 1 aromatic carbocycles. The van der Waals surface area contributed by atoms with Crippen LogP contribution in [0.25, 0.3) is 0 Å². The number of hydrogen-bond acceptors (Lipinski definition) is 5. The second-order valence-corrected chi connectivity index (χ2v) is 10.1. The van der Waals surface area contributed by atoms with Crippen molar-refractivity contribution < 1.29 is 18.1 Å². The number of fused-ring (bicyclic) bond motifs is 2. The Kier molecular flexibility index (Phi) is 5.13. The lowest BCUT2D eigenvalue weighted by atomic mass is 9.86. The Hall–Kier alpha value is -2.00. The number of nitro benzene ring substituents is 1. The summed E-state index contributed by atoms with van der Waals surface area (Å²) in [5, 5.41) is 10.9. The number of amides is 1. The van der Waals surface area contributed by atoms with Crippen molar-refractivity contribution in [2.45, 2.75) is 37.0 Å². The summed E-state index contributed by atoms with van der Waals surface area (Å²) < 4.78 is 26.9. The molecule has 1 aromatic rings. The standard InChI is InChI=1S/C19H25N3O5S/c23-19(12-16-11-14-4-5-15(16)10-14)20-6-8-21(9-7-20)28(26,27)18-3-1-2-17(13-18)22(24)25/h1-3,13-16H,4-12H2/t14-,15-,16+/m1/s1. The van der Waals surface area contributed by atoms with E-state index in [1.54, 1.807) is 4.90 Å². The Bertz CT molecular complexity index is 879. The molecule has 0 aromatic heterocycles. The van der Waals surface area contributed by atoms with Crippen molar-refractivity contribution in [3.63, 3.8) is 0 Å². The largest absolute Gasteiger partial charge is 0.340 e. The van der Waals surface area contributed by atoms with Crippen LogP contribution in [0.1, 0.15) is 32.1 Å². The molecule has 1 amide bonds. The lowest BCUT2D eigenvalue weighted by Gasteiger charge is -2.35. The van der Waals surface area contributed by atoms with Gasteiger partial charge in [0.15, 0.2) is 0 Å². The second kappa shape index (κ2) is 7.44. The van der Waals surface area contributed by atoms with E-state index in [0.29, 0.717) is 31.3 Å². The number of carbonyl (C=O) groups is 1. The van der Waals surface area contributed by atoms with Crippen LogP contribution in [0.5, 0.6) is 0 Å². The summed E-state index contributed by atoms with van der Waals surface area (Å²) in [5.74, 6) is 2.13. The SMILES string of the molecule is O=C(C[C@@H]1C[C@@H]2CC[C@@H]1C2)N1CCN(S(=O)(=O)c2cccc([N+](=O)[O-])c2)CC1. The van der Waals surface area contributed by atoms with E-state index in [0.717, 1.165) is 18.4 Å². The van der Waals surface area contributed by atoms with Gasteiger partial charge in [-0.1, -0.05) is 12.5 Å². The summed E-state index contributed by atoms with van der Waals surface area (Å²) >= 11 is 0. The number of carbonyl (C=O) groups excluding carboxylic acids is 1. The van der Waals surface area contributed by atoms with Gasteiger partial charge in [0.2, 0.25) is 15.9 Å². The zero-order valence-corrected chi connectivity index (χ0v) is 16.5. The number of hydrogen-bond donors (Lipinski definition) is 0. The predicted octanol–water partition coefficient (Wildman–Crippen LogP) is 2.25. The quantitative estimate of drug-likeness (QED) is 0.550. The van der Waals surface area contributed by atoms with Gasteiger partial charge in [0.05, 0.1) is 9.82 Å². The second-order valence-electron chi connectivity index (χ2n) is 8.18. The first-order valence-corrected chi connectivity index (χ1v) is 11.3. The van der Waals surface area contributed by atoms with Crippen LogP contribution in [0.4, 0.5) is 5.69 Å². The molecule has 1 aliphatic heterocycles. The summed E-state index contributed by atoms with van der Waals surface area (Å²) in [5.41, 5.74) is -0.249. The Morgan fingerprint density at radius 1 is 1.14 bits per heavy atom. The van der Waals surface area contributed by atoms with Crippen molar-refractivity contribution in [1.82, 2.24) is 9.21 Å². The molecule has 0 unspecified atom stereocenters. The molecule has 0 radical (unpaired) electrons. The fourth-order valence-electron chi connectivity index (χ4n) is 5.06. The van der Waals surface area contributed by atoms with E-state index in [9.17, 15) is 23.3 Å². The van der Waals surface area contributed by atoms with Gasteiger partial charge in [-0.15, -0.1) is 0 Å². The van der Waals surface area contributed by atoms with Crippen LogP contribution in [0.3, 0.4) is 0 Å². The van der Waals surface area contributed by atoms with Crippen LogP contribution in [0.15, 0.2) is 29.2 Å². The molecule has 2 saturated carbocycles. The van der Waals surface area contributed by atoms with Crippen LogP contribution < -0.4 is 0 Å². The molecule has 1 heterocycles. The minimum Gasteiger partial charge on any atom is -0.340 e. The molecular formula is C19H25N3O5S. The Balaban J connectivity index is 1.36. The van der Waals surface area contributed by atoms with Crippen LogP contribution in [0.2, 0.25) is 0 Å². The molecule has 28 heavy (non-hydrogen) atoms. The summed E-state index contributed by atoms with van der Waals surface area (Å²) in [6, 6.07) is 5.10. The molecule has 0 N–H and O–H groups in total. The zero-order chi connectivity index (χ0) is 19.9. The van der Waals surface area contributed by atoms with Gasteiger partial charge in [-0.2, -0.15) is 4.31 Å². The molecule has 8 nitrogen and oxygen atoms in total. The predicted molar refractivity (Wildman–Crippen MR) is 102 cm³/mol. The minimum absolute atomic E-state index is 0.0801. The maximum absolute atomic E-state index is 12.8. The van der Waals surface area contributed by atoms with Crippen LogP contribution in [-0.4, -0.2) is 54.6 Å². The molecule has 0 spiro atoms. The van der Waals surface area contributed by atoms with Crippen molar-refractivity contribution in [2.24, 2.45) is 17.8 Å². The van der Waals surface area contributed by atoms with Crippen molar-refractivity contribution in [1.29, 1.82) is 0 Å². The van der Waals surface area contributed by atoms with Gasteiger partial charge in [-0.05, 0) is 43.1 Å². The monoisotopic (exact) mass is 407 g/mol. The number of benzene rings is 1. The molecule has 1 saturated heterocycles. The summed E-state index contributed by atoms with van der Waals surface area (Å²) in [4.78, 5) is 24.7. The van der Waals surface area contributed by atoms with Gasteiger partial charge >= 0.3 is 0 Å². The number of rotatable bonds is 5. The van der Waals surface area contributed by atoms with Gasteiger partial charge in [0.1, 0.15) is 0 Å². The van der Waals surface area contributed by atoms with Crippen molar-refractivity contribution in [3.8, 4) is 0 Å². The van der Waals surface area contributed by atoms with E-state index >= 15 is 0 Å². The topological polar surface area (TPSA) is 101 Å². The molecule has 2 bridgehead atoms. The highest BCUT2D eigenvalue weighted by atomic mass is 32.2. The first kappa shape index (κ1) is 19.3. The van der Waals surface area contributed by atoms with Gasteiger partial charge in [-0.3, -0.25) is 14.9 Å². The van der Waals surface area contributed by atoms with Crippen LogP contribution >= 0.6 is 0 Å². The molecule has 3 aliphatic rings. The highest BCUT2D eigenvalue weighted by molar-refractivity contribution is 7.89. The third kappa shape index (κ3) is 3.65. The molecule has 2 aliphatic carbocycles. The maximum atomic E-state index is 12.8. The summed E-state index contributed by atoms with van der Waals surface area (Å²) in [7, 11) is -3.81. The fraction of sp³-hybridized carbons (Fsp3) is 0.632. The first-order valence-electron chi connectivity index (χ1n) is 9.87. The van der Waals surface area contributed by atoms with E-state index in [2.05, 4.69) is 0 Å². The average molecular weight is 407 g/mol. The lowest BCUT2D eigenvalue weighted by molar-refractivity contribution is -0.385. The summed E-state index contributed by atoms with van der Waals surface area (Å²) in [6.45, 7) is 1.17. The maximum Gasteiger partial charge on any atom is 0.270 e. The average Bonchev–Trinajstić information content (AvgIpc) is 3.31. The lowest BCUT2D eigenvalue weighted by Crippen LogP contribution is -2.50. The van der Waals surface area contributed by atoms with Gasteiger partial charge in [-0.25, -0.2) is 8.42 Å². The fourth-order valence-corrected chi connectivity index (χ4v) is 6.53. The van der Waals surface area contributed by atoms with Crippen molar-refractivity contribution in [2.75, 3.05) is 26.2 Å². The molecule has 9 heteroatoms. The molecule has 152 valence electrons. The molecule has 3 fully saturated rings. The normalized spacial score (nSPS) is 27.9. The number of non-ortho nitro benzene ring substituents is 1. The van der Waals surface area contributed by atoms with E-state index in [1.165, 1.54) is 41.8 Å². The van der Waals surface area contributed by atoms with Crippen molar-refractivity contribution in [3.05, 3.63) is 34.4 Å². The van der Waals surface area contributed by atoms with E-state index in [4.69, 9.17) is 0 Å². The van der Waals surface area contributed by atoms with Gasteiger partial charge in [0, 0.05) is 44.7 Å². The third-order valence-electron chi connectivity index (χ3n) is 6.58. The zero-order valence-electron chi connectivity index (χ0n) is 15.7. The Morgan fingerprint density at radius 3 is 2.50 bits per heavy atom. The van der Waals surface area contributed by atoms with Crippen LogP contribution in [-0.2, 0) is 14.8 Å². The first-order chi connectivity index (χ1) is 13.3. The smallest absolute Gasteiger partial charge is 0.270 e. The number of nitro groups is 1. The number of piperazine rings is 1. The van der Waals surface area contributed by atoms with Gasteiger partial charge < -0.3 is 4.90 Å². The molecule has 3 atom stereocenters. The van der Waals surface area contributed by atoms with E-state index < -0.39 is 14.9 Å². The molecular weight excluding hydrogens is 382 g/mol. The number of nitrogens with zero attached hydrogens (tertiary/aromatic N) is 3. The molecule has 4 rings (SSSR count). The van der Waals surface area contributed by atoms with Gasteiger partial charge in [0.25, 0.3) is 5.69 Å². The highest BCUT2D eigenvalue weighted by Crippen LogP contribution is 2.49. The Morgan fingerprint density at radius 2 is 1.89 bits per heavy atom. The highest BCUT2D eigenvalue weighted by Gasteiger charge is 2.41. The third-order valence-corrected chi connectivity index (χ3v) is 8.47. The summed E-state index contributed by atoms with van der Waals surface area (Å²) in [6.07, 6.45) is 5.57. The number of sulfonamides is 1. The van der Waals surface area contributed by atoms with Crippen molar-refractivity contribution >= 4 is 21.6 Å². The van der Waals surface area contributed by atoms with Crippen LogP contribution in [0, 0.1) is 27.9 Å². The van der Waals surface area contributed by atoms with E-state index in [1.807, 2.05) is 0 Å². The minimum atomic E-state index is -3.81. The Labute approximate surface area is 164 Å². The van der Waals surface area contributed by atoms with E-state index in [-0.39, 0.29) is 29.6 Å².